The molecule has 94 valence electrons. The molecular weight excluding hydrogens is 252 g/mol. The maximum absolute atomic E-state index is 10.9. The molecule has 0 bridgehead atoms. The molecule has 2 aromatic rings. The van der Waals surface area contributed by atoms with Gasteiger partial charge in [-0.2, -0.15) is 5.10 Å². The molecule has 2 rings (SSSR count). The zero-order chi connectivity index (χ0) is 13.1. The van der Waals surface area contributed by atoms with E-state index in [0.717, 1.165) is 17.7 Å². The lowest BCUT2D eigenvalue weighted by Crippen LogP contribution is -2.07. The number of aromatic nitrogens is 2. The molecule has 0 aliphatic rings. The van der Waals surface area contributed by atoms with Crippen LogP contribution in [0.25, 0.3) is 0 Å². The summed E-state index contributed by atoms with van der Waals surface area (Å²) in [6.45, 7) is 2.45. The van der Waals surface area contributed by atoms with Crippen LogP contribution in [0.3, 0.4) is 0 Å². The van der Waals surface area contributed by atoms with Gasteiger partial charge in [0, 0.05) is 10.7 Å². The fraction of sp³-hybridized carbons (Fsp3) is 0.231. The minimum absolute atomic E-state index is 0.0684. The van der Waals surface area contributed by atoms with E-state index in [-0.39, 0.29) is 5.69 Å². The number of hydrogen-bond acceptors (Lipinski definition) is 2. The molecule has 0 radical (unpaired) electrons. The largest absolute Gasteiger partial charge is 0.476 e. The molecule has 0 aliphatic heterocycles. The third-order valence-electron chi connectivity index (χ3n) is 2.72. The number of carboxylic acids is 1. The Bertz CT molecular complexity index is 578. The number of hydrogen-bond donors (Lipinski definition) is 1. The molecule has 0 unspecified atom stereocenters. The summed E-state index contributed by atoms with van der Waals surface area (Å²) >= 11 is 6.08. The Morgan fingerprint density at radius 1 is 1.44 bits per heavy atom. The lowest BCUT2D eigenvalue weighted by atomic mass is 10.2. The van der Waals surface area contributed by atoms with Crippen LogP contribution < -0.4 is 0 Å². The van der Waals surface area contributed by atoms with Gasteiger partial charge in [0.05, 0.1) is 6.54 Å². The van der Waals surface area contributed by atoms with Crippen molar-refractivity contribution >= 4 is 17.6 Å². The topological polar surface area (TPSA) is 55.1 Å². The lowest BCUT2D eigenvalue weighted by Gasteiger charge is -2.07. The van der Waals surface area contributed by atoms with Crippen LogP contribution in [0.2, 0.25) is 5.02 Å². The van der Waals surface area contributed by atoms with Crippen LogP contribution in [0.1, 0.15) is 28.7 Å². The van der Waals surface area contributed by atoms with Crippen molar-refractivity contribution < 1.29 is 9.90 Å². The summed E-state index contributed by atoms with van der Waals surface area (Å²) in [7, 11) is 0. The summed E-state index contributed by atoms with van der Waals surface area (Å²) in [4.78, 5) is 10.9. The molecule has 0 saturated heterocycles. The highest BCUT2D eigenvalue weighted by Gasteiger charge is 2.12. The Morgan fingerprint density at radius 3 is 2.78 bits per heavy atom. The highest BCUT2D eigenvalue weighted by molar-refractivity contribution is 6.31. The van der Waals surface area contributed by atoms with Gasteiger partial charge >= 0.3 is 5.97 Å². The van der Waals surface area contributed by atoms with E-state index in [4.69, 9.17) is 16.7 Å². The molecule has 1 aromatic heterocycles. The van der Waals surface area contributed by atoms with Gasteiger partial charge in [-0.05, 0) is 24.1 Å². The van der Waals surface area contributed by atoms with E-state index in [1.54, 1.807) is 10.7 Å². The van der Waals surface area contributed by atoms with E-state index in [1.807, 2.05) is 31.2 Å². The molecule has 1 aromatic carbocycles. The van der Waals surface area contributed by atoms with E-state index in [0.29, 0.717) is 11.6 Å². The zero-order valence-corrected chi connectivity index (χ0v) is 10.7. The normalized spacial score (nSPS) is 10.6. The molecular formula is C13H13ClN2O2. The molecule has 1 N–H and O–H groups in total. The fourth-order valence-electron chi connectivity index (χ4n) is 1.77. The second kappa shape index (κ2) is 5.23. The molecule has 0 spiro atoms. The minimum atomic E-state index is -1.01. The van der Waals surface area contributed by atoms with E-state index < -0.39 is 5.97 Å². The molecule has 0 fully saturated rings. The third kappa shape index (κ3) is 2.54. The summed E-state index contributed by atoms with van der Waals surface area (Å²) in [6.07, 6.45) is 0.727. The molecule has 0 amide bonds. The first kappa shape index (κ1) is 12.6. The number of carboxylic acid groups (broad SMARTS) is 1. The van der Waals surface area contributed by atoms with Crippen molar-refractivity contribution in [3.05, 3.63) is 52.3 Å². The molecule has 0 saturated carbocycles. The van der Waals surface area contributed by atoms with E-state index in [9.17, 15) is 4.79 Å². The number of carbonyl (C=O) groups is 1. The fourth-order valence-corrected chi connectivity index (χ4v) is 1.96. The Kier molecular flexibility index (Phi) is 3.67. The second-order valence-electron chi connectivity index (χ2n) is 3.93. The first-order valence-corrected chi connectivity index (χ1v) is 6.03. The average molecular weight is 265 g/mol. The molecule has 4 nitrogen and oxygen atoms in total. The third-order valence-corrected chi connectivity index (χ3v) is 3.09. The first-order valence-electron chi connectivity index (χ1n) is 5.65. The maximum atomic E-state index is 10.9. The van der Waals surface area contributed by atoms with Crippen LogP contribution in [-0.4, -0.2) is 20.9 Å². The number of benzene rings is 1. The predicted molar refractivity (Wildman–Crippen MR) is 69.1 cm³/mol. The average Bonchev–Trinajstić information content (AvgIpc) is 2.75. The Labute approximate surface area is 110 Å². The van der Waals surface area contributed by atoms with Crippen molar-refractivity contribution in [1.29, 1.82) is 0 Å². The van der Waals surface area contributed by atoms with E-state index in [1.165, 1.54) is 0 Å². The SMILES string of the molecule is CCc1cc(C(=O)O)nn1Cc1ccccc1Cl. The van der Waals surface area contributed by atoms with Gasteiger partial charge in [-0.25, -0.2) is 4.79 Å². The first-order chi connectivity index (χ1) is 8.61. The van der Waals surface area contributed by atoms with Crippen LogP contribution in [0.4, 0.5) is 0 Å². The van der Waals surface area contributed by atoms with Crippen LogP contribution in [0, 0.1) is 0 Å². The molecule has 5 heteroatoms. The van der Waals surface area contributed by atoms with Crippen molar-refractivity contribution in [2.24, 2.45) is 0 Å². The van der Waals surface area contributed by atoms with Gasteiger partial charge in [-0.3, -0.25) is 4.68 Å². The molecule has 1 heterocycles. The van der Waals surface area contributed by atoms with Crippen molar-refractivity contribution in [3.8, 4) is 0 Å². The maximum Gasteiger partial charge on any atom is 0.356 e. The lowest BCUT2D eigenvalue weighted by molar-refractivity contribution is 0.0689. The highest BCUT2D eigenvalue weighted by Crippen LogP contribution is 2.17. The van der Waals surface area contributed by atoms with Gasteiger partial charge in [0.25, 0.3) is 0 Å². The predicted octanol–water partition coefficient (Wildman–Crippen LogP) is 2.85. The monoisotopic (exact) mass is 264 g/mol. The van der Waals surface area contributed by atoms with E-state index >= 15 is 0 Å². The van der Waals surface area contributed by atoms with Gasteiger partial charge in [-0.15, -0.1) is 0 Å². The second-order valence-corrected chi connectivity index (χ2v) is 4.34. The van der Waals surface area contributed by atoms with Crippen molar-refractivity contribution in [2.75, 3.05) is 0 Å². The number of aromatic carboxylic acids is 1. The number of nitrogens with zero attached hydrogens (tertiary/aromatic N) is 2. The van der Waals surface area contributed by atoms with Gasteiger partial charge in [0.15, 0.2) is 5.69 Å². The number of halogens is 1. The highest BCUT2D eigenvalue weighted by atomic mass is 35.5. The van der Waals surface area contributed by atoms with Gasteiger partial charge in [0.1, 0.15) is 0 Å². The Balaban J connectivity index is 2.34. The molecule has 0 atom stereocenters. The minimum Gasteiger partial charge on any atom is -0.476 e. The van der Waals surface area contributed by atoms with Gasteiger partial charge in [-0.1, -0.05) is 36.7 Å². The summed E-state index contributed by atoms with van der Waals surface area (Å²) in [5.74, 6) is -1.01. The smallest absolute Gasteiger partial charge is 0.356 e. The van der Waals surface area contributed by atoms with Crippen LogP contribution in [0.5, 0.6) is 0 Å². The van der Waals surface area contributed by atoms with E-state index in [2.05, 4.69) is 5.10 Å². The zero-order valence-electron chi connectivity index (χ0n) is 9.93. The summed E-state index contributed by atoms with van der Waals surface area (Å²) in [6, 6.07) is 9.07. The van der Waals surface area contributed by atoms with Crippen molar-refractivity contribution in [1.82, 2.24) is 9.78 Å². The summed E-state index contributed by atoms with van der Waals surface area (Å²) in [5, 5.41) is 13.7. The van der Waals surface area contributed by atoms with Crippen LogP contribution in [0.15, 0.2) is 30.3 Å². The van der Waals surface area contributed by atoms with Crippen LogP contribution in [-0.2, 0) is 13.0 Å². The molecule has 18 heavy (non-hydrogen) atoms. The summed E-state index contributed by atoms with van der Waals surface area (Å²) < 4.78 is 1.69. The summed E-state index contributed by atoms with van der Waals surface area (Å²) in [5.41, 5.74) is 1.88. The number of aryl methyl sites for hydroxylation is 1. The van der Waals surface area contributed by atoms with Crippen molar-refractivity contribution in [3.63, 3.8) is 0 Å². The van der Waals surface area contributed by atoms with Gasteiger partial charge in [0.2, 0.25) is 0 Å². The number of rotatable bonds is 4. The Hall–Kier alpha value is -1.81. The Morgan fingerprint density at radius 2 is 2.17 bits per heavy atom. The standard InChI is InChI=1S/C13H13ClN2O2/c1-2-10-7-12(13(17)18)15-16(10)8-9-5-3-4-6-11(9)14/h3-7H,2,8H2,1H3,(H,17,18). The van der Waals surface area contributed by atoms with Gasteiger partial charge < -0.3 is 5.11 Å². The quantitative estimate of drug-likeness (QED) is 0.924. The van der Waals surface area contributed by atoms with Crippen molar-refractivity contribution in [2.45, 2.75) is 19.9 Å². The molecule has 0 aliphatic carbocycles. The van der Waals surface area contributed by atoms with Crippen LogP contribution >= 0.6 is 11.6 Å².